The summed E-state index contributed by atoms with van der Waals surface area (Å²) in [4.78, 5) is 4.34. The fourth-order valence-electron chi connectivity index (χ4n) is 4.10. The molecule has 2 nitrogen and oxygen atoms in total. The summed E-state index contributed by atoms with van der Waals surface area (Å²) >= 11 is 0. The van der Waals surface area contributed by atoms with E-state index >= 15 is 0 Å². The van der Waals surface area contributed by atoms with Crippen LogP contribution in [0.25, 0.3) is 54.7 Å². The Bertz CT molecular complexity index is 1780. The molecule has 6 aromatic rings. The molecule has 0 saturated carbocycles. The fraction of sp³-hybridized carbons (Fsp3) is 0.0741. The van der Waals surface area contributed by atoms with E-state index in [0.29, 0.717) is 22.4 Å². The van der Waals surface area contributed by atoms with Crippen molar-refractivity contribution in [3.8, 4) is 11.3 Å². The largest absolute Gasteiger partial charge is 0.455 e. The summed E-state index contributed by atoms with van der Waals surface area (Å²) in [7, 11) is 0. The number of fused-ring (bicyclic) bond motifs is 6. The second-order valence-corrected chi connectivity index (χ2v) is 7.26. The van der Waals surface area contributed by atoms with Crippen LogP contribution in [0.5, 0.6) is 0 Å². The van der Waals surface area contributed by atoms with E-state index in [1.54, 1.807) is 6.07 Å². The molecule has 138 valence electrons. The number of hydrogen-bond donors (Lipinski definition) is 0. The maximum atomic E-state index is 7.88. The van der Waals surface area contributed by atoms with E-state index < -0.39 is 13.7 Å². The van der Waals surface area contributed by atoms with Gasteiger partial charge in [-0.25, -0.2) is 0 Å². The molecule has 0 radical (unpaired) electrons. The van der Waals surface area contributed by atoms with Crippen LogP contribution in [0.4, 0.5) is 0 Å². The number of aromatic nitrogens is 1. The minimum Gasteiger partial charge on any atom is -0.455 e. The molecule has 2 heterocycles. The highest BCUT2D eigenvalue weighted by Crippen LogP contribution is 2.38. The Morgan fingerprint density at radius 2 is 1.59 bits per heavy atom. The van der Waals surface area contributed by atoms with Gasteiger partial charge in [-0.05, 0) is 70.6 Å². The lowest BCUT2D eigenvalue weighted by Gasteiger charge is -2.05. The number of hydrogen-bond acceptors (Lipinski definition) is 2. The van der Waals surface area contributed by atoms with Crippen LogP contribution in [-0.2, 0) is 0 Å². The number of para-hydroxylation sites is 1. The van der Waals surface area contributed by atoms with Crippen molar-refractivity contribution in [3.63, 3.8) is 0 Å². The van der Waals surface area contributed by atoms with Crippen LogP contribution in [0.2, 0.25) is 0 Å². The fourth-order valence-corrected chi connectivity index (χ4v) is 4.10. The maximum Gasteiger partial charge on any atom is 0.144 e. The standard InChI is InChI=1S/C27H19NO/c1-16-12-25(28-15-17(16)2)22-9-5-8-21-24-13-19-11-10-18-6-3-4-7-20(18)23(19)14-26(24)29-27(21)22/h3-15H,1-2H3/i1D3,2D3. The van der Waals surface area contributed by atoms with E-state index in [9.17, 15) is 0 Å². The maximum absolute atomic E-state index is 7.88. The molecule has 0 aliphatic heterocycles. The summed E-state index contributed by atoms with van der Waals surface area (Å²) in [5, 5.41) is 6.28. The summed E-state index contributed by atoms with van der Waals surface area (Å²) in [6.07, 6.45) is 1.14. The van der Waals surface area contributed by atoms with E-state index in [1.807, 2.05) is 30.3 Å². The average molecular weight is 379 g/mol. The summed E-state index contributed by atoms with van der Waals surface area (Å²) in [5.41, 5.74) is 1.75. The van der Waals surface area contributed by atoms with Crippen LogP contribution in [0.3, 0.4) is 0 Å². The number of nitrogens with zero attached hydrogens (tertiary/aromatic N) is 1. The SMILES string of the molecule is [2H]C([2H])([2H])c1cnc(-c2cccc3c2oc2cc4c(ccc5ccccc54)cc23)cc1C([2H])([2H])[2H]. The van der Waals surface area contributed by atoms with Crippen LogP contribution in [0, 0.1) is 13.7 Å². The van der Waals surface area contributed by atoms with Gasteiger partial charge in [0.25, 0.3) is 0 Å². The Morgan fingerprint density at radius 1 is 0.724 bits per heavy atom. The normalized spacial score (nSPS) is 15.7. The van der Waals surface area contributed by atoms with Gasteiger partial charge in [0, 0.05) is 30.8 Å². The Kier molecular flexibility index (Phi) is 2.32. The molecule has 0 unspecified atom stereocenters. The monoisotopic (exact) mass is 379 g/mol. The van der Waals surface area contributed by atoms with Gasteiger partial charge in [-0.1, -0.05) is 48.5 Å². The molecule has 0 bridgehead atoms. The number of benzene rings is 4. The van der Waals surface area contributed by atoms with Crippen molar-refractivity contribution in [2.75, 3.05) is 0 Å². The van der Waals surface area contributed by atoms with Crippen molar-refractivity contribution >= 4 is 43.5 Å². The minimum absolute atomic E-state index is 0.229. The molecule has 0 fully saturated rings. The van der Waals surface area contributed by atoms with E-state index in [-0.39, 0.29) is 11.1 Å². The molecule has 0 atom stereocenters. The van der Waals surface area contributed by atoms with Crippen LogP contribution in [-0.4, -0.2) is 4.98 Å². The van der Waals surface area contributed by atoms with Gasteiger partial charge >= 0.3 is 0 Å². The van der Waals surface area contributed by atoms with Gasteiger partial charge in [-0.15, -0.1) is 0 Å². The predicted octanol–water partition coefficient (Wildman–Crippen LogP) is 7.57. The summed E-state index contributed by atoms with van der Waals surface area (Å²) < 4.78 is 53.2. The first-order valence-electron chi connectivity index (χ1n) is 12.4. The predicted molar refractivity (Wildman–Crippen MR) is 121 cm³/mol. The molecule has 0 saturated heterocycles. The van der Waals surface area contributed by atoms with Crippen molar-refractivity contribution in [2.24, 2.45) is 0 Å². The molecule has 0 aliphatic rings. The molecular weight excluding hydrogens is 354 g/mol. The first-order valence-corrected chi connectivity index (χ1v) is 9.39. The zero-order valence-electron chi connectivity index (χ0n) is 21.4. The highest BCUT2D eigenvalue weighted by molar-refractivity contribution is 6.17. The molecule has 6 rings (SSSR count). The summed E-state index contributed by atoms with van der Waals surface area (Å²) in [6, 6.07) is 23.5. The smallest absolute Gasteiger partial charge is 0.144 e. The molecule has 4 aromatic carbocycles. The van der Waals surface area contributed by atoms with Gasteiger partial charge in [0.1, 0.15) is 11.2 Å². The lowest BCUT2D eigenvalue weighted by atomic mass is 9.99. The number of pyridine rings is 1. The van der Waals surface area contributed by atoms with Crippen LogP contribution < -0.4 is 0 Å². The minimum atomic E-state index is -2.60. The molecule has 0 spiro atoms. The second-order valence-electron chi connectivity index (χ2n) is 7.26. The first-order chi connectivity index (χ1) is 16.6. The van der Waals surface area contributed by atoms with Gasteiger partial charge in [-0.3, -0.25) is 4.98 Å². The van der Waals surface area contributed by atoms with Crippen LogP contribution in [0.15, 0.2) is 83.4 Å². The third-order valence-corrected chi connectivity index (χ3v) is 5.54. The lowest BCUT2D eigenvalue weighted by molar-refractivity contribution is 0.670. The van der Waals surface area contributed by atoms with E-state index in [1.165, 1.54) is 6.07 Å². The highest BCUT2D eigenvalue weighted by atomic mass is 16.3. The highest BCUT2D eigenvalue weighted by Gasteiger charge is 2.14. The third kappa shape index (κ3) is 2.39. The first kappa shape index (κ1) is 11.4. The average Bonchev–Trinajstić information content (AvgIpc) is 3.19. The molecule has 0 aliphatic carbocycles. The van der Waals surface area contributed by atoms with Crippen molar-refractivity contribution in [1.82, 2.24) is 4.98 Å². The van der Waals surface area contributed by atoms with Crippen molar-refractivity contribution < 1.29 is 12.6 Å². The molecule has 29 heavy (non-hydrogen) atoms. The quantitative estimate of drug-likeness (QED) is 0.275. The Labute approximate surface area is 176 Å². The summed E-state index contributed by atoms with van der Waals surface area (Å²) in [5.74, 6) is 0. The number of furan rings is 1. The molecular formula is C27H19NO. The van der Waals surface area contributed by atoms with Gasteiger partial charge in [0.05, 0.1) is 5.69 Å². The van der Waals surface area contributed by atoms with Gasteiger partial charge in [0.15, 0.2) is 0 Å². The van der Waals surface area contributed by atoms with E-state index in [0.717, 1.165) is 38.5 Å². The Balaban J connectivity index is 1.62. The van der Waals surface area contributed by atoms with E-state index in [2.05, 4.69) is 35.3 Å². The Hall–Kier alpha value is -3.65. The number of rotatable bonds is 1. The van der Waals surface area contributed by atoms with Gasteiger partial charge < -0.3 is 4.42 Å². The van der Waals surface area contributed by atoms with Crippen molar-refractivity contribution in [3.05, 3.63) is 90.1 Å². The Morgan fingerprint density at radius 3 is 2.52 bits per heavy atom. The van der Waals surface area contributed by atoms with Gasteiger partial charge in [0.2, 0.25) is 0 Å². The van der Waals surface area contributed by atoms with Crippen LogP contribution >= 0.6 is 0 Å². The topological polar surface area (TPSA) is 26.0 Å². The van der Waals surface area contributed by atoms with Crippen molar-refractivity contribution in [2.45, 2.75) is 13.7 Å². The molecule has 2 heteroatoms. The van der Waals surface area contributed by atoms with Gasteiger partial charge in [-0.2, -0.15) is 0 Å². The summed E-state index contributed by atoms with van der Waals surface area (Å²) in [6.45, 7) is -5.18. The molecule has 0 amide bonds. The van der Waals surface area contributed by atoms with Crippen molar-refractivity contribution in [1.29, 1.82) is 0 Å². The zero-order valence-corrected chi connectivity index (χ0v) is 15.4. The second kappa shape index (κ2) is 5.92. The zero-order chi connectivity index (χ0) is 24.5. The van der Waals surface area contributed by atoms with E-state index in [4.69, 9.17) is 12.6 Å². The molecule has 2 aromatic heterocycles. The lowest BCUT2D eigenvalue weighted by Crippen LogP contribution is -1.88. The van der Waals surface area contributed by atoms with Crippen LogP contribution in [0.1, 0.15) is 19.4 Å². The molecule has 0 N–H and O–H groups in total. The third-order valence-electron chi connectivity index (χ3n) is 5.54. The number of aryl methyl sites for hydroxylation is 2.